The monoisotopic (exact) mass is 610 g/mol. The fourth-order valence-electron chi connectivity index (χ4n) is 6.65. The number of fused-ring (bicyclic) bond motifs is 2. The highest BCUT2D eigenvalue weighted by atomic mass is 19.4. The molecular weight excluding hydrogens is 573 g/mol. The maximum Gasteiger partial charge on any atom is 0.401 e. The van der Waals surface area contributed by atoms with Crippen molar-refractivity contribution in [2.24, 2.45) is 0 Å². The molecule has 1 N–H and O–H groups in total. The number of hydrogen-bond acceptors (Lipinski definition) is 8. The van der Waals surface area contributed by atoms with E-state index < -0.39 is 12.7 Å². The largest absolute Gasteiger partial charge is 0.401 e. The predicted molar refractivity (Wildman–Crippen MR) is 158 cm³/mol. The average Bonchev–Trinajstić information content (AvgIpc) is 3.34. The predicted octanol–water partition coefficient (Wildman–Crippen LogP) is 3.47. The van der Waals surface area contributed by atoms with E-state index in [0.717, 1.165) is 60.3 Å². The van der Waals surface area contributed by atoms with Crippen LogP contribution in [0, 0.1) is 18.3 Å². The van der Waals surface area contributed by atoms with E-state index in [1.54, 1.807) is 11.9 Å². The molecule has 1 atom stereocenters. The van der Waals surface area contributed by atoms with Gasteiger partial charge in [-0.1, -0.05) is 6.07 Å². The Kier molecular flexibility index (Phi) is 8.50. The first kappa shape index (κ1) is 30.3. The minimum Gasteiger partial charge on any atom is -0.367 e. The third-order valence-corrected chi connectivity index (χ3v) is 9.12. The second-order valence-electron chi connectivity index (χ2n) is 12.2. The van der Waals surface area contributed by atoms with Crippen LogP contribution in [0.2, 0.25) is 0 Å². The van der Waals surface area contributed by atoms with Gasteiger partial charge in [-0.05, 0) is 49.4 Å². The zero-order valence-electron chi connectivity index (χ0n) is 25.0. The van der Waals surface area contributed by atoms with Gasteiger partial charge in [0, 0.05) is 68.8 Å². The molecule has 0 saturated carbocycles. The van der Waals surface area contributed by atoms with Gasteiger partial charge in [-0.3, -0.25) is 14.6 Å². The lowest BCUT2D eigenvalue weighted by atomic mass is 10.00. The molecule has 3 aromatic rings. The van der Waals surface area contributed by atoms with Crippen molar-refractivity contribution in [2.45, 2.75) is 64.1 Å². The second kappa shape index (κ2) is 12.3. The number of ether oxygens (including phenoxy) is 1. The molecular formula is C31H37F3N8O2. The van der Waals surface area contributed by atoms with Crippen LogP contribution in [0.25, 0.3) is 10.9 Å². The number of carbonyl (C=O) groups is 1. The summed E-state index contributed by atoms with van der Waals surface area (Å²) in [6.45, 7) is 5.36. The van der Waals surface area contributed by atoms with Gasteiger partial charge in [0.15, 0.2) is 0 Å². The molecule has 10 nitrogen and oxygen atoms in total. The Morgan fingerprint density at radius 1 is 1.16 bits per heavy atom. The van der Waals surface area contributed by atoms with E-state index in [4.69, 9.17) is 4.74 Å². The SMILES string of the molecule is Cc1c(CN2CCC(Nc3ncnc4c3CCN(CC(F)(F)F)C4)CC2)ccc2c1cc(C#N)n2CC1CN(C)C(=O)CO1. The van der Waals surface area contributed by atoms with E-state index in [-0.39, 0.29) is 31.2 Å². The number of nitrogens with one attached hydrogen (secondary N) is 1. The number of anilines is 1. The number of nitrogens with zero attached hydrogens (tertiary/aromatic N) is 7. The van der Waals surface area contributed by atoms with Crippen molar-refractivity contribution in [1.29, 1.82) is 5.26 Å². The van der Waals surface area contributed by atoms with Gasteiger partial charge in [0.1, 0.15) is 30.5 Å². The highest BCUT2D eigenvalue weighted by Crippen LogP contribution is 2.30. The molecule has 2 aromatic heterocycles. The number of hydrogen-bond donors (Lipinski definition) is 1. The van der Waals surface area contributed by atoms with Crippen molar-refractivity contribution >= 4 is 22.6 Å². The van der Waals surface area contributed by atoms with Gasteiger partial charge < -0.3 is 19.5 Å². The highest BCUT2D eigenvalue weighted by molar-refractivity contribution is 5.86. The third kappa shape index (κ3) is 6.52. The zero-order valence-corrected chi connectivity index (χ0v) is 25.0. The first-order valence-corrected chi connectivity index (χ1v) is 15.1. The summed E-state index contributed by atoms with van der Waals surface area (Å²) < 4.78 is 46.4. The Hall–Kier alpha value is -3.73. The van der Waals surface area contributed by atoms with Crippen LogP contribution < -0.4 is 5.32 Å². The molecule has 44 heavy (non-hydrogen) atoms. The first-order valence-electron chi connectivity index (χ1n) is 15.1. The molecule has 1 aromatic carbocycles. The van der Waals surface area contributed by atoms with Crippen LogP contribution in [0.5, 0.6) is 0 Å². The molecule has 0 spiro atoms. The number of likely N-dealkylation sites (tertiary alicyclic amines) is 1. The Morgan fingerprint density at radius 2 is 1.95 bits per heavy atom. The van der Waals surface area contributed by atoms with Gasteiger partial charge in [-0.2, -0.15) is 18.4 Å². The van der Waals surface area contributed by atoms with Gasteiger partial charge in [0.05, 0.1) is 24.9 Å². The van der Waals surface area contributed by atoms with E-state index in [1.807, 2.05) is 10.6 Å². The number of aromatic nitrogens is 3. The fourth-order valence-corrected chi connectivity index (χ4v) is 6.65. The molecule has 0 aliphatic carbocycles. The normalized spacial score (nSPS) is 20.6. The van der Waals surface area contributed by atoms with Crippen molar-refractivity contribution < 1.29 is 22.7 Å². The molecule has 0 bridgehead atoms. The summed E-state index contributed by atoms with van der Waals surface area (Å²) in [6.07, 6.45) is -0.610. The number of morpholine rings is 1. The van der Waals surface area contributed by atoms with Crippen molar-refractivity contribution in [3.63, 3.8) is 0 Å². The number of likely N-dealkylation sites (N-methyl/N-ethyl adjacent to an activating group) is 1. The van der Waals surface area contributed by atoms with Crippen LogP contribution in [-0.4, -0.2) is 99.8 Å². The first-order chi connectivity index (χ1) is 21.1. The summed E-state index contributed by atoms with van der Waals surface area (Å²) in [7, 11) is 1.77. The van der Waals surface area contributed by atoms with Gasteiger partial charge in [0.2, 0.25) is 5.91 Å². The molecule has 6 rings (SSSR count). The summed E-state index contributed by atoms with van der Waals surface area (Å²) in [6, 6.07) is 8.74. The molecule has 0 radical (unpaired) electrons. The number of amides is 1. The molecule has 234 valence electrons. The topological polar surface area (TPSA) is 103 Å². The molecule has 1 amide bonds. The number of carbonyl (C=O) groups excluding carboxylic acids is 1. The maximum atomic E-state index is 12.9. The third-order valence-electron chi connectivity index (χ3n) is 9.12. The number of benzene rings is 1. The number of nitriles is 1. The minimum atomic E-state index is -4.22. The van der Waals surface area contributed by atoms with Crippen LogP contribution in [0.15, 0.2) is 24.5 Å². The van der Waals surface area contributed by atoms with Gasteiger partial charge in [-0.15, -0.1) is 0 Å². The fraction of sp³-hybridized carbons (Fsp3) is 0.548. The lowest BCUT2D eigenvalue weighted by Gasteiger charge is -2.34. The van der Waals surface area contributed by atoms with E-state index in [2.05, 4.69) is 45.3 Å². The van der Waals surface area contributed by atoms with Crippen molar-refractivity contribution in [1.82, 2.24) is 29.2 Å². The van der Waals surface area contributed by atoms with Crippen LogP contribution in [0.3, 0.4) is 0 Å². The maximum absolute atomic E-state index is 12.9. The standard InChI is InChI=1S/C31H37F3N8O2/c1-20-21(3-4-28-26(20)11-23(12-35)42(28)15-24-14-39(2)29(43)17-44-24)13-40-8-5-22(6-9-40)38-30-25-7-10-41(18-31(32,33)34)16-27(25)36-19-37-30/h3-4,11,19,22,24H,5-10,13-18H2,1-2H3,(H,36,37,38). The van der Waals surface area contributed by atoms with Gasteiger partial charge in [0.25, 0.3) is 0 Å². The number of alkyl halides is 3. The smallest absolute Gasteiger partial charge is 0.367 e. The molecule has 2 fully saturated rings. The summed E-state index contributed by atoms with van der Waals surface area (Å²) in [5, 5.41) is 14.5. The van der Waals surface area contributed by atoms with E-state index in [1.165, 1.54) is 16.8 Å². The number of halogens is 3. The van der Waals surface area contributed by atoms with E-state index >= 15 is 0 Å². The quantitative estimate of drug-likeness (QED) is 0.434. The van der Waals surface area contributed by atoms with Crippen molar-refractivity contribution in [2.75, 3.05) is 51.7 Å². The summed E-state index contributed by atoms with van der Waals surface area (Å²) in [5.74, 6) is 0.711. The van der Waals surface area contributed by atoms with Crippen molar-refractivity contribution in [3.8, 4) is 6.07 Å². The molecule has 5 heterocycles. The molecule has 3 aliphatic rings. The Labute approximate surface area is 254 Å². The number of aryl methyl sites for hydroxylation is 1. The lowest BCUT2D eigenvalue weighted by Crippen LogP contribution is -2.45. The Morgan fingerprint density at radius 3 is 2.68 bits per heavy atom. The summed E-state index contributed by atoms with van der Waals surface area (Å²) >= 11 is 0. The van der Waals surface area contributed by atoms with Crippen LogP contribution in [-0.2, 0) is 35.6 Å². The van der Waals surface area contributed by atoms with Crippen LogP contribution in [0.4, 0.5) is 19.0 Å². The number of rotatable bonds is 7. The van der Waals surface area contributed by atoms with Crippen LogP contribution >= 0.6 is 0 Å². The number of piperidine rings is 1. The lowest BCUT2D eigenvalue weighted by molar-refractivity contribution is -0.148. The molecule has 3 aliphatic heterocycles. The summed E-state index contributed by atoms with van der Waals surface area (Å²) in [5.41, 5.74) is 5.54. The van der Waals surface area contributed by atoms with E-state index in [0.29, 0.717) is 37.4 Å². The molecule has 1 unspecified atom stereocenters. The summed E-state index contributed by atoms with van der Waals surface area (Å²) in [4.78, 5) is 26.0. The molecule has 13 heteroatoms. The van der Waals surface area contributed by atoms with Crippen LogP contribution in [0.1, 0.15) is 40.9 Å². The van der Waals surface area contributed by atoms with Gasteiger partial charge in [-0.25, -0.2) is 9.97 Å². The average molecular weight is 611 g/mol. The highest BCUT2D eigenvalue weighted by Gasteiger charge is 2.33. The Bertz CT molecular complexity index is 1570. The zero-order chi connectivity index (χ0) is 31.0. The molecule has 2 saturated heterocycles. The second-order valence-corrected chi connectivity index (χ2v) is 12.2. The Balaban J connectivity index is 1.07. The van der Waals surface area contributed by atoms with Crippen molar-refractivity contribution in [3.05, 3.63) is 52.6 Å². The van der Waals surface area contributed by atoms with E-state index in [9.17, 15) is 23.2 Å². The minimum absolute atomic E-state index is 0.0354. The van der Waals surface area contributed by atoms with Gasteiger partial charge >= 0.3 is 6.18 Å².